The number of rotatable bonds is 8. The Morgan fingerprint density at radius 1 is 0.949 bits per heavy atom. The Morgan fingerprint density at radius 3 is 1.67 bits per heavy atom. The maximum atomic E-state index is 12.9. The van der Waals surface area contributed by atoms with Crippen LogP contribution in [0.15, 0.2) is 60.7 Å². The van der Waals surface area contributed by atoms with Gasteiger partial charge in [0.2, 0.25) is 11.8 Å². The maximum Gasteiger partial charge on any atom is 0.238 e. The number of carbonyl (C=O) groups excluding carboxylic acids is 3. The van der Waals surface area contributed by atoms with E-state index in [9.17, 15) is 14.4 Å². The SMILES string of the molecule is CC.CC(N)=O.CCCC=O.CCCN.CC[C@H]1CC[C@@H](C(=O)NC(c2ccccc2)c2ccccc2)N1C. The summed E-state index contributed by atoms with van der Waals surface area (Å²) in [4.78, 5) is 33.8. The van der Waals surface area contributed by atoms with Crippen LogP contribution < -0.4 is 16.8 Å². The third-order valence-corrected chi connectivity index (χ3v) is 5.86. The molecule has 3 rings (SSSR count). The number of unbranched alkanes of at least 4 members (excludes halogenated alkanes) is 1. The number of nitrogens with two attached hydrogens (primary N) is 2. The fourth-order valence-electron chi connectivity index (χ4n) is 3.83. The number of aldehydes is 1. The summed E-state index contributed by atoms with van der Waals surface area (Å²) in [6, 6.07) is 20.8. The Balaban J connectivity index is 0. The van der Waals surface area contributed by atoms with Gasteiger partial charge >= 0.3 is 0 Å². The normalized spacial score (nSPS) is 15.5. The number of carbonyl (C=O) groups is 3. The van der Waals surface area contributed by atoms with Crippen LogP contribution in [0.2, 0.25) is 0 Å². The first-order chi connectivity index (χ1) is 18.8. The molecule has 0 saturated carbocycles. The van der Waals surface area contributed by atoms with Gasteiger partial charge in [-0.05, 0) is 56.8 Å². The van der Waals surface area contributed by atoms with Crippen LogP contribution in [0.25, 0.3) is 0 Å². The van der Waals surface area contributed by atoms with Gasteiger partial charge in [-0.15, -0.1) is 0 Å². The monoisotopic (exact) mass is 542 g/mol. The summed E-state index contributed by atoms with van der Waals surface area (Å²) >= 11 is 0. The average Bonchev–Trinajstić information content (AvgIpc) is 3.34. The van der Waals surface area contributed by atoms with Crippen LogP contribution in [0.1, 0.15) is 97.2 Å². The minimum Gasteiger partial charge on any atom is -0.370 e. The molecule has 0 unspecified atom stereocenters. The second-order valence-corrected chi connectivity index (χ2v) is 8.94. The van der Waals surface area contributed by atoms with Crippen LogP contribution in [0.4, 0.5) is 0 Å². The predicted molar refractivity (Wildman–Crippen MR) is 164 cm³/mol. The molecule has 1 heterocycles. The molecule has 2 aromatic rings. The summed E-state index contributed by atoms with van der Waals surface area (Å²) in [5.41, 5.74) is 11.7. The third kappa shape index (κ3) is 17.2. The van der Waals surface area contributed by atoms with Crippen molar-refractivity contribution in [2.75, 3.05) is 13.6 Å². The summed E-state index contributed by atoms with van der Waals surface area (Å²) in [6.07, 6.45) is 6.86. The van der Waals surface area contributed by atoms with Gasteiger partial charge in [-0.3, -0.25) is 14.5 Å². The van der Waals surface area contributed by atoms with Gasteiger partial charge < -0.3 is 21.6 Å². The third-order valence-electron chi connectivity index (χ3n) is 5.86. The number of hydrogen-bond donors (Lipinski definition) is 3. The quantitative estimate of drug-likeness (QED) is 0.374. The van der Waals surface area contributed by atoms with E-state index >= 15 is 0 Å². The highest BCUT2D eigenvalue weighted by atomic mass is 16.2. The molecule has 220 valence electrons. The lowest BCUT2D eigenvalue weighted by Gasteiger charge is -2.27. The van der Waals surface area contributed by atoms with E-state index in [-0.39, 0.29) is 23.9 Å². The molecule has 1 fully saturated rings. The van der Waals surface area contributed by atoms with Gasteiger partial charge in [0.05, 0.1) is 12.1 Å². The number of nitrogens with one attached hydrogen (secondary N) is 1. The van der Waals surface area contributed by atoms with Crippen LogP contribution in [-0.4, -0.2) is 48.7 Å². The molecule has 1 saturated heterocycles. The summed E-state index contributed by atoms with van der Waals surface area (Å²) in [5, 5.41) is 3.29. The molecule has 7 nitrogen and oxygen atoms in total. The highest BCUT2D eigenvalue weighted by Gasteiger charge is 2.35. The summed E-state index contributed by atoms with van der Waals surface area (Å²) in [5.74, 6) is -0.203. The van der Waals surface area contributed by atoms with Crippen molar-refractivity contribution in [3.05, 3.63) is 71.8 Å². The Kier molecular flexibility index (Phi) is 24.7. The van der Waals surface area contributed by atoms with Gasteiger partial charge in [0.1, 0.15) is 6.29 Å². The van der Waals surface area contributed by atoms with Gasteiger partial charge in [0.15, 0.2) is 0 Å². The summed E-state index contributed by atoms with van der Waals surface area (Å²) in [6.45, 7) is 12.4. The average molecular weight is 543 g/mol. The minimum absolute atomic E-state index is 0.0233. The standard InChI is InChI=1S/C21H26N2O.C4H8O.C3H9N.C2H5NO.C2H6/c1-3-18-14-15-19(23(18)2)21(24)22-20(16-10-6-4-7-11-16)17-12-8-5-9-13-17;1-2-3-4-5;1-2-3-4;1-2(3)4;1-2/h4-13,18-20H,3,14-15H2,1-2H3,(H,22,24);4H,2-3H2,1H3;2-4H2,1H3;1H3,(H2,3,4);1-2H3/t18-,19-;;;;/m0..../s1. The molecule has 0 spiro atoms. The molecule has 5 N–H and O–H groups in total. The molecule has 1 aliphatic rings. The molecule has 39 heavy (non-hydrogen) atoms. The lowest BCUT2D eigenvalue weighted by atomic mass is 9.98. The highest BCUT2D eigenvalue weighted by Crippen LogP contribution is 2.27. The maximum absolute atomic E-state index is 12.9. The lowest BCUT2D eigenvalue weighted by molar-refractivity contribution is -0.126. The zero-order valence-corrected chi connectivity index (χ0v) is 25.4. The van der Waals surface area contributed by atoms with E-state index in [0.29, 0.717) is 12.5 Å². The van der Waals surface area contributed by atoms with Crippen molar-refractivity contribution >= 4 is 18.1 Å². The van der Waals surface area contributed by atoms with E-state index in [2.05, 4.69) is 61.1 Å². The van der Waals surface area contributed by atoms with Crippen LogP contribution in [0.3, 0.4) is 0 Å². The second kappa shape index (κ2) is 25.3. The number of hydrogen-bond acceptors (Lipinski definition) is 5. The van der Waals surface area contributed by atoms with Gasteiger partial charge in [-0.1, -0.05) is 95.3 Å². The van der Waals surface area contributed by atoms with Crippen LogP contribution in [0, 0.1) is 0 Å². The van der Waals surface area contributed by atoms with Gasteiger partial charge in [-0.2, -0.15) is 0 Å². The van der Waals surface area contributed by atoms with E-state index in [4.69, 9.17) is 5.73 Å². The molecule has 2 atom stereocenters. The predicted octanol–water partition coefficient (Wildman–Crippen LogP) is 5.62. The van der Waals surface area contributed by atoms with Crippen molar-refractivity contribution < 1.29 is 14.4 Å². The molecule has 0 aliphatic carbocycles. The van der Waals surface area contributed by atoms with E-state index in [1.54, 1.807) is 0 Å². The van der Waals surface area contributed by atoms with Crippen LogP contribution >= 0.6 is 0 Å². The fourth-order valence-corrected chi connectivity index (χ4v) is 3.83. The number of likely N-dealkylation sites (tertiary alicyclic amines) is 1. The molecule has 0 bridgehead atoms. The van der Waals surface area contributed by atoms with E-state index in [1.807, 2.05) is 57.2 Å². The number of amides is 2. The van der Waals surface area contributed by atoms with Gasteiger partial charge in [0.25, 0.3) is 0 Å². The topological polar surface area (TPSA) is 119 Å². The number of primary amides is 1. The first-order valence-electron chi connectivity index (χ1n) is 14.3. The van der Waals surface area contributed by atoms with E-state index in [1.165, 1.54) is 6.92 Å². The van der Waals surface area contributed by atoms with Crippen molar-refractivity contribution in [2.45, 2.75) is 98.2 Å². The molecule has 0 radical (unpaired) electrons. The van der Waals surface area contributed by atoms with Gasteiger partial charge in [0, 0.05) is 19.4 Å². The van der Waals surface area contributed by atoms with Crippen molar-refractivity contribution in [2.24, 2.45) is 11.5 Å². The molecule has 7 heteroatoms. The first-order valence-corrected chi connectivity index (χ1v) is 14.3. The summed E-state index contributed by atoms with van der Waals surface area (Å²) < 4.78 is 0. The Hall–Kier alpha value is -3.03. The minimum atomic E-state index is -0.333. The van der Waals surface area contributed by atoms with Crippen molar-refractivity contribution in [1.29, 1.82) is 0 Å². The van der Waals surface area contributed by atoms with Gasteiger partial charge in [-0.25, -0.2) is 0 Å². The molecular weight excluding hydrogens is 488 g/mol. The Labute approximate surface area is 237 Å². The molecule has 1 aliphatic heterocycles. The number of likely N-dealkylation sites (N-methyl/N-ethyl adjacent to an activating group) is 1. The molecule has 2 aromatic carbocycles. The largest absolute Gasteiger partial charge is 0.370 e. The molecular formula is C32H54N4O3. The highest BCUT2D eigenvalue weighted by molar-refractivity contribution is 5.83. The lowest BCUT2D eigenvalue weighted by Crippen LogP contribution is -2.45. The first kappa shape index (κ1) is 38.1. The zero-order chi connectivity index (χ0) is 30.1. The van der Waals surface area contributed by atoms with E-state index < -0.39 is 0 Å². The Morgan fingerprint density at radius 2 is 1.38 bits per heavy atom. The van der Waals surface area contributed by atoms with Crippen LogP contribution in [0.5, 0.6) is 0 Å². The smallest absolute Gasteiger partial charge is 0.238 e. The van der Waals surface area contributed by atoms with Crippen molar-refractivity contribution in [3.63, 3.8) is 0 Å². The zero-order valence-electron chi connectivity index (χ0n) is 25.4. The number of nitrogens with zero attached hydrogens (tertiary/aromatic N) is 1. The molecule has 2 amide bonds. The van der Waals surface area contributed by atoms with E-state index in [0.717, 1.165) is 56.1 Å². The van der Waals surface area contributed by atoms with Crippen molar-refractivity contribution in [3.8, 4) is 0 Å². The number of benzene rings is 2. The molecule has 0 aromatic heterocycles. The van der Waals surface area contributed by atoms with Crippen molar-refractivity contribution in [1.82, 2.24) is 10.2 Å². The summed E-state index contributed by atoms with van der Waals surface area (Å²) in [7, 11) is 2.07. The fraction of sp³-hybridized carbons (Fsp3) is 0.531. The van der Waals surface area contributed by atoms with Crippen LogP contribution in [-0.2, 0) is 14.4 Å². The Bertz CT molecular complexity index is 817. The second-order valence-electron chi connectivity index (χ2n) is 8.94.